The molecule has 0 aliphatic rings. The molecular weight excluding hydrogens is 222 g/mol. The zero-order valence-corrected chi connectivity index (χ0v) is 9.88. The van der Waals surface area contributed by atoms with Gasteiger partial charge in [-0.3, -0.25) is 9.97 Å². The van der Waals surface area contributed by atoms with E-state index in [0.29, 0.717) is 0 Å². The highest BCUT2D eigenvalue weighted by molar-refractivity contribution is 5.79. The minimum Gasteiger partial charge on any atom is -0.398 e. The van der Waals surface area contributed by atoms with E-state index in [-0.39, 0.29) is 0 Å². The molecule has 2 aromatic heterocycles. The molecule has 0 bridgehead atoms. The Bertz CT molecular complexity index is 692. The molecule has 1 aromatic carbocycles. The van der Waals surface area contributed by atoms with Crippen molar-refractivity contribution < 1.29 is 0 Å². The number of fused-ring (bicyclic) bond motifs is 1. The van der Waals surface area contributed by atoms with Crippen LogP contribution < -0.4 is 5.73 Å². The van der Waals surface area contributed by atoms with Gasteiger partial charge in [-0.25, -0.2) is 0 Å². The number of benzene rings is 1. The van der Waals surface area contributed by atoms with Crippen molar-refractivity contribution in [1.29, 1.82) is 0 Å². The Morgan fingerprint density at radius 2 is 2.00 bits per heavy atom. The molecule has 0 aliphatic carbocycles. The second-order valence-corrected chi connectivity index (χ2v) is 4.28. The van der Waals surface area contributed by atoms with Crippen LogP contribution in [0.5, 0.6) is 0 Å². The fraction of sp³-hybridized carbons (Fsp3) is 0.0667. The van der Waals surface area contributed by atoms with Crippen LogP contribution in [0.2, 0.25) is 0 Å². The van der Waals surface area contributed by atoms with Crippen LogP contribution in [-0.2, 0) is 6.42 Å². The summed E-state index contributed by atoms with van der Waals surface area (Å²) in [4.78, 5) is 8.47. The monoisotopic (exact) mass is 235 g/mol. The SMILES string of the molecule is Nc1ccncc1Cc1ccc2cccnc2c1. The van der Waals surface area contributed by atoms with Gasteiger partial charge >= 0.3 is 0 Å². The summed E-state index contributed by atoms with van der Waals surface area (Å²) in [6.45, 7) is 0. The lowest BCUT2D eigenvalue weighted by atomic mass is 10.0. The second-order valence-electron chi connectivity index (χ2n) is 4.28. The molecule has 2 N–H and O–H groups in total. The largest absolute Gasteiger partial charge is 0.398 e. The Labute approximate surface area is 105 Å². The van der Waals surface area contributed by atoms with Crippen molar-refractivity contribution in [2.45, 2.75) is 6.42 Å². The molecule has 3 rings (SSSR count). The number of anilines is 1. The third-order valence-corrected chi connectivity index (χ3v) is 3.01. The number of aromatic nitrogens is 2. The third-order valence-electron chi connectivity index (χ3n) is 3.01. The number of nitrogens with zero attached hydrogens (tertiary/aromatic N) is 2. The van der Waals surface area contributed by atoms with Crippen LogP contribution in [0.4, 0.5) is 5.69 Å². The zero-order chi connectivity index (χ0) is 12.4. The molecule has 0 atom stereocenters. The van der Waals surface area contributed by atoms with Gasteiger partial charge in [0.1, 0.15) is 0 Å². The van der Waals surface area contributed by atoms with E-state index in [9.17, 15) is 0 Å². The molecule has 0 fully saturated rings. The first-order valence-electron chi connectivity index (χ1n) is 5.85. The van der Waals surface area contributed by atoms with Gasteiger partial charge in [0.25, 0.3) is 0 Å². The summed E-state index contributed by atoms with van der Waals surface area (Å²) < 4.78 is 0. The molecule has 0 saturated carbocycles. The first kappa shape index (κ1) is 10.7. The molecule has 0 saturated heterocycles. The predicted octanol–water partition coefficient (Wildman–Crippen LogP) is 2.80. The number of rotatable bonds is 2. The first-order chi connectivity index (χ1) is 8.83. The van der Waals surface area contributed by atoms with Gasteiger partial charge in [-0.2, -0.15) is 0 Å². The Morgan fingerprint density at radius 1 is 1.06 bits per heavy atom. The highest BCUT2D eigenvalue weighted by Gasteiger charge is 2.02. The highest BCUT2D eigenvalue weighted by atomic mass is 14.7. The molecule has 0 amide bonds. The van der Waals surface area contributed by atoms with E-state index in [1.807, 2.05) is 24.5 Å². The molecule has 3 nitrogen and oxygen atoms in total. The maximum Gasteiger partial charge on any atom is 0.0704 e. The minimum atomic E-state index is 0.783. The van der Waals surface area contributed by atoms with Gasteiger partial charge in [0.05, 0.1) is 5.52 Å². The van der Waals surface area contributed by atoms with Crippen molar-refractivity contribution >= 4 is 16.6 Å². The molecule has 3 aromatic rings. The molecule has 0 aliphatic heterocycles. The molecule has 18 heavy (non-hydrogen) atoms. The third kappa shape index (κ3) is 2.02. The van der Waals surface area contributed by atoms with Gasteiger partial charge in [-0.15, -0.1) is 0 Å². The zero-order valence-electron chi connectivity index (χ0n) is 9.88. The molecule has 0 unspecified atom stereocenters. The van der Waals surface area contributed by atoms with Crippen LogP contribution in [0.1, 0.15) is 11.1 Å². The fourth-order valence-corrected chi connectivity index (χ4v) is 2.03. The van der Waals surface area contributed by atoms with Crippen molar-refractivity contribution in [3.8, 4) is 0 Å². The summed E-state index contributed by atoms with van der Waals surface area (Å²) in [5.74, 6) is 0. The van der Waals surface area contributed by atoms with Gasteiger partial charge in [-0.05, 0) is 29.3 Å². The van der Waals surface area contributed by atoms with E-state index < -0.39 is 0 Å². The van der Waals surface area contributed by atoms with Gasteiger partial charge < -0.3 is 5.73 Å². The lowest BCUT2D eigenvalue weighted by Crippen LogP contribution is -1.96. The lowest BCUT2D eigenvalue weighted by Gasteiger charge is -2.05. The average molecular weight is 235 g/mol. The summed E-state index contributed by atoms with van der Waals surface area (Å²) >= 11 is 0. The van der Waals surface area contributed by atoms with Crippen molar-refractivity contribution in [3.63, 3.8) is 0 Å². The maximum absolute atomic E-state index is 5.93. The van der Waals surface area contributed by atoms with Gasteiger partial charge in [-0.1, -0.05) is 18.2 Å². The summed E-state index contributed by atoms with van der Waals surface area (Å²) in [5.41, 5.74) is 9.96. The maximum atomic E-state index is 5.93. The van der Waals surface area contributed by atoms with E-state index in [0.717, 1.165) is 28.6 Å². The van der Waals surface area contributed by atoms with Crippen molar-refractivity contribution in [3.05, 3.63) is 66.1 Å². The van der Waals surface area contributed by atoms with Crippen LogP contribution in [0, 0.1) is 0 Å². The lowest BCUT2D eigenvalue weighted by molar-refractivity contribution is 1.15. The molecule has 3 heteroatoms. The summed E-state index contributed by atoms with van der Waals surface area (Å²) in [5, 5.41) is 1.15. The van der Waals surface area contributed by atoms with Crippen LogP contribution in [-0.4, -0.2) is 9.97 Å². The average Bonchev–Trinajstić information content (AvgIpc) is 2.41. The highest BCUT2D eigenvalue weighted by Crippen LogP contribution is 2.18. The summed E-state index contributed by atoms with van der Waals surface area (Å²) in [6, 6.07) is 12.1. The Hall–Kier alpha value is -2.42. The van der Waals surface area contributed by atoms with Crippen molar-refractivity contribution in [2.75, 3.05) is 5.73 Å². The first-order valence-corrected chi connectivity index (χ1v) is 5.85. The Balaban J connectivity index is 1.98. The van der Waals surface area contributed by atoms with Crippen LogP contribution >= 0.6 is 0 Å². The van der Waals surface area contributed by atoms with Gasteiger partial charge in [0.2, 0.25) is 0 Å². The molecule has 2 heterocycles. The number of pyridine rings is 2. The van der Waals surface area contributed by atoms with E-state index in [1.54, 1.807) is 6.20 Å². The van der Waals surface area contributed by atoms with Crippen LogP contribution in [0.3, 0.4) is 0 Å². The number of hydrogen-bond acceptors (Lipinski definition) is 3. The van der Waals surface area contributed by atoms with E-state index >= 15 is 0 Å². The fourth-order valence-electron chi connectivity index (χ4n) is 2.03. The molecule has 88 valence electrons. The van der Waals surface area contributed by atoms with Crippen LogP contribution in [0.15, 0.2) is 55.0 Å². The van der Waals surface area contributed by atoms with E-state index in [4.69, 9.17) is 5.73 Å². The summed E-state index contributed by atoms with van der Waals surface area (Å²) in [7, 11) is 0. The summed E-state index contributed by atoms with van der Waals surface area (Å²) in [6.07, 6.45) is 6.12. The van der Waals surface area contributed by atoms with Crippen molar-refractivity contribution in [2.24, 2.45) is 0 Å². The van der Waals surface area contributed by atoms with Crippen LogP contribution in [0.25, 0.3) is 10.9 Å². The van der Waals surface area contributed by atoms with Gasteiger partial charge in [0.15, 0.2) is 0 Å². The van der Waals surface area contributed by atoms with Gasteiger partial charge in [0, 0.05) is 36.1 Å². The molecule has 0 spiro atoms. The van der Waals surface area contributed by atoms with E-state index in [2.05, 4.69) is 34.2 Å². The Kier molecular flexibility index (Phi) is 2.65. The number of nitrogen functional groups attached to an aromatic ring is 1. The quantitative estimate of drug-likeness (QED) is 0.743. The molecule has 0 radical (unpaired) electrons. The number of nitrogens with two attached hydrogens (primary N) is 1. The minimum absolute atomic E-state index is 0.783. The molecular formula is C15H13N3. The standard InChI is InChI=1S/C15H13N3/c16-14-5-7-17-10-13(14)8-11-3-4-12-2-1-6-18-15(12)9-11/h1-7,9-10H,8H2,(H2,16,17). The topological polar surface area (TPSA) is 51.8 Å². The Morgan fingerprint density at radius 3 is 2.89 bits per heavy atom. The predicted molar refractivity (Wildman–Crippen MR) is 73.2 cm³/mol. The smallest absolute Gasteiger partial charge is 0.0704 e. The van der Waals surface area contributed by atoms with Crippen molar-refractivity contribution in [1.82, 2.24) is 9.97 Å². The number of hydrogen-bond donors (Lipinski definition) is 1. The van der Waals surface area contributed by atoms with E-state index in [1.165, 1.54) is 5.56 Å². The second kappa shape index (κ2) is 4.45. The normalized spacial score (nSPS) is 10.7.